The third-order valence-electron chi connectivity index (χ3n) is 2.72. The van der Waals surface area contributed by atoms with Crippen molar-refractivity contribution in [1.29, 1.82) is 0 Å². The van der Waals surface area contributed by atoms with Gasteiger partial charge in [-0.2, -0.15) is 0 Å². The van der Waals surface area contributed by atoms with Gasteiger partial charge in [0.05, 0.1) is 5.88 Å². The van der Waals surface area contributed by atoms with Gasteiger partial charge in [-0.25, -0.2) is 4.39 Å². The van der Waals surface area contributed by atoms with Crippen LogP contribution in [0.5, 0.6) is 11.5 Å². The van der Waals surface area contributed by atoms with E-state index in [1.54, 1.807) is 19.1 Å². The average molecular weight is 265 g/mol. The van der Waals surface area contributed by atoms with Crippen molar-refractivity contribution in [3.8, 4) is 11.5 Å². The maximum atomic E-state index is 13.2. The Labute approximate surface area is 111 Å². The van der Waals surface area contributed by atoms with Gasteiger partial charge in [-0.3, -0.25) is 0 Å². The molecule has 0 saturated carbocycles. The summed E-state index contributed by atoms with van der Waals surface area (Å²) in [6.07, 6.45) is 0. The van der Waals surface area contributed by atoms with E-state index in [1.165, 1.54) is 6.07 Å². The summed E-state index contributed by atoms with van der Waals surface area (Å²) in [4.78, 5) is 0. The highest BCUT2D eigenvalue weighted by Gasteiger charge is 2.06. The van der Waals surface area contributed by atoms with Crippen LogP contribution < -0.4 is 4.74 Å². The van der Waals surface area contributed by atoms with Crippen LogP contribution in [0.3, 0.4) is 0 Å². The first-order valence-electron chi connectivity index (χ1n) is 5.69. The lowest BCUT2D eigenvalue weighted by atomic mass is 10.1. The van der Waals surface area contributed by atoms with Crippen molar-refractivity contribution in [2.75, 3.05) is 0 Å². The third kappa shape index (κ3) is 2.82. The van der Waals surface area contributed by atoms with Gasteiger partial charge in [0.25, 0.3) is 0 Å². The minimum Gasteiger partial charge on any atom is -0.457 e. The molecule has 0 atom stereocenters. The summed E-state index contributed by atoms with van der Waals surface area (Å²) in [6.45, 7) is 3.71. The molecular formula is C15H14ClFO. The maximum absolute atomic E-state index is 13.2. The Morgan fingerprint density at radius 2 is 1.89 bits per heavy atom. The zero-order chi connectivity index (χ0) is 13.1. The molecule has 2 rings (SSSR count). The van der Waals surface area contributed by atoms with Crippen LogP contribution in [0.4, 0.5) is 4.39 Å². The normalized spacial score (nSPS) is 10.4. The number of halogens is 2. The summed E-state index contributed by atoms with van der Waals surface area (Å²) >= 11 is 5.89. The molecule has 3 heteroatoms. The van der Waals surface area contributed by atoms with E-state index in [9.17, 15) is 4.39 Å². The van der Waals surface area contributed by atoms with Crippen molar-refractivity contribution < 1.29 is 9.13 Å². The summed E-state index contributed by atoms with van der Waals surface area (Å²) in [5.74, 6) is 1.48. The van der Waals surface area contributed by atoms with E-state index in [0.29, 0.717) is 22.9 Å². The van der Waals surface area contributed by atoms with Crippen LogP contribution in [-0.2, 0) is 5.88 Å². The molecule has 0 N–H and O–H groups in total. The molecule has 0 spiro atoms. The molecule has 94 valence electrons. The van der Waals surface area contributed by atoms with Crippen molar-refractivity contribution in [2.24, 2.45) is 0 Å². The van der Waals surface area contributed by atoms with Crippen molar-refractivity contribution in [2.45, 2.75) is 19.7 Å². The summed E-state index contributed by atoms with van der Waals surface area (Å²) in [5, 5.41) is 0. The summed E-state index contributed by atoms with van der Waals surface area (Å²) < 4.78 is 18.9. The fourth-order valence-electron chi connectivity index (χ4n) is 1.72. The van der Waals surface area contributed by atoms with Gasteiger partial charge in [-0.1, -0.05) is 17.7 Å². The lowest BCUT2D eigenvalue weighted by Crippen LogP contribution is -1.92. The van der Waals surface area contributed by atoms with Crippen LogP contribution in [0.2, 0.25) is 0 Å². The lowest BCUT2D eigenvalue weighted by Gasteiger charge is -2.11. The summed E-state index contributed by atoms with van der Waals surface area (Å²) in [6, 6.07) is 10.5. The SMILES string of the molecule is Cc1ccc(Oc2ccc(F)c(C)c2)c(CCl)c1. The largest absolute Gasteiger partial charge is 0.457 e. The molecule has 0 aromatic heterocycles. The van der Waals surface area contributed by atoms with Crippen LogP contribution in [0.1, 0.15) is 16.7 Å². The van der Waals surface area contributed by atoms with Gasteiger partial charge in [0, 0.05) is 5.56 Å². The highest BCUT2D eigenvalue weighted by Crippen LogP contribution is 2.28. The van der Waals surface area contributed by atoms with Crippen molar-refractivity contribution in [1.82, 2.24) is 0 Å². The number of ether oxygens (including phenoxy) is 1. The number of aryl methyl sites for hydroxylation is 2. The van der Waals surface area contributed by atoms with E-state index >= 15 is 0 Å². The van der Waals surface area contributed by atoms with E-state index in [1.807, 2.05) is 25.1 Å². The van der Waals surface area contributed by atoms with Gasteiger partial charge in [-0.15, -0.1) is 11.6 Å². The minimum absolute atomic E-state index is 0.233. The number of benzene rings is 2. The van der Waals surface area contributed by atoms with Crippen molar-refractivity contribution in [3.05, 3.63) is 58.9 Å². The Balaban J connectivity index is 2.30. The highest BCUT2D eigenvalue weighted by molar-refractivity contribution is 6.17. The minimum atomic E-state index is -0.233. The van der Waals surface area contributed by atoms with Crippen molar-refractivity contribution in [3.63, 3.8) is 0 Å². The van der Waals surface area contributed by atoms with Crippen LogP contribution in [0.15, 0.2) is 36.4 Å². The Morgan fingerprint density at radius 1 is 1.11 bits per heavy atom. The smallest absolute Gasteiger partial charge is 0.131 e. The molecule has 0 aliphatic carbocycles. The topological polar surface area (TPSA) is 9.23 Å². The molecule has 1 nitrogen and oxygen atoms in total. The first-order valence-corrected chi connectivity index (χ1v) is 6.23. The van der Waals surface area contributed by atoms with Gasteiger partial charge in [0.1, 0.15) is 17.3 Å². The van der Waals surface area contributed by atoms with E-state index in [4.69, 9.17) is 16.3 Å². The molecule has 2 aromatic rings. The maximum Gasteiger partial charge on any atom is 0.131 e. The molecule has 0 bridgehead atoms. The number of alkyl halides is 1. The quantitative estimate of drug-likeness (QED) is 0.711. The van der Waals surface area contributed by atoms with Crippen LogP contribution in [-0.4, -0.2) is 0 Å². The molecule has 0 fully saturated rings. The first kappa shape index (κ1) is 12.9. The van der Waals surface area contributed by atoms with Gasteiger partial charge in [0.15, 0.2) is 0 Å². The Bertz CT molecular complexity index is 566. The standard InChI is InChI=1S/C15H14ClFO/c1-10-3-6-15(12(7-10)9-16)18-13-4-5-14(17)11(2)8-13/h3-8H,9H2,1-2H3. The molecule has 0 unspecified atom stereocenters. The zero-order valence-electron chi connectivity index (χ0n) is 10.3. The molecule has 0 aliphatic heterocycles. The fraction of sp³-hybridized carbons (Fsp3) is 0.200. The number of hydrogen-bond acceptors (Lipinski definition) is 1. The van der Waals surface area contributed by atoms with Crippen LogP contribution in [0.25, 0.3) is 0 Å². The molecule has 0 amide bonds. The van der Waals surface area contributed by atoms with Crippen LogP contribution in [0, 0.1) is 19.7 Å². The molecule has 2 aromatic carbocycles. The lowest BCUT2D eigenvalue weighted by molar-refractivity contribution is 0.475. The van der Waals surface area contributed by atoms with Crippen LogP contribution >= 0.6 is 11.6 Å². The molecule has 18 heavy (non-hydrogen) atoms. The number of rotatable bonds is 3. The Morgan fingerprint density at radius 3 is 2.56 bits per heavy atom. The predicted octanol–water partition coefficient (Wildman–Crippen LogP) is 4.97. The van der Waals surface area contributed by atoms with Gasteiger partial charge >= 0.3 is 0 Å². The third-order valence-corrected chi connectivity index (χ3v) is 3.01. The van der Waals surface area contributed by atoms with E-state index in [-0.39, 0.29) is 5.82 Å². The summed E-state index contributed by atoms with van der Waals surface area (Å²) in [7, 11) is 0. The first-order chi connectivity index (χ1) is 8.60. The Hall–Kier alpha value is -1.54. The highest BCUT2D eigenvalue weighted by atomic mass is 35.5. The van der Waals surface area contributed by atoms with Gasteiger partial charge in [0.2, 0.25) is 0 Å². The second kappa shape index (κ2) is 5.40. The molecular weight excluding hydrogens is 251 g/mol. The van der Waals surface area contributed by atoms with E-state index < -0.39 is 0 Å². The van der Waals surface area contributed by atoms with Crippen molar-refractivity contribution >= 4 is 11.6 Å². The number of hydrogen-bond donors (Lipinski definition) is 0. The molecule has 0 heterocycles. The van der Waals surface area contributed by atoms with E-state index in [0.717, 1.165) is 11.1 Å². The molecule has 0 saturated heterocycles. The predicted molar refractivity (Wildman–Crippen MR) is 71.9 cm³/mol. The summed E-state index contributed by atoms with van der Waals surface area (Å²) in [5.41, 5.74) is 2.62. The Kier molecular flexibility index (Phi) is 3.87. The molecule has 0 aliphatic rings. The average Bonchev–Trinajstić information content (AvgIpc) is 2.36. The van der Waals surface area contributed by atoms with Gasteiger partial charge in [-0.05, 0) is 43.7 Å². The van der Waals surface area contributed by atoms with Gasteiger partial charge < -0.3 is 4.74 Å². The fourth-order valence-corrected chi connectivity index (χ4v) is 1.93. The monoisotopic (exact) mass is 264 g/mol. The van der Waals surface area contributed by atoms with E-state index in [2.05, 4.69) is 0 Å². The molecule has 0 radical (unpaired) electrons. The second-order valence-corrected chi connectivity index (χ2v) is 4.53. The zero-order valence-corrected chi connectivity index (χ0v) is 11.1. The second-order valence-electron chi connectivity index (χ2n) is 4.26.